The molecule has 2 heterocycles. The van der Waals surface area contributed by atoms with Crippen LogP contribution in [0.4, 0.5) is 0 Å². The predicted molar refractivity (Wildman–Crippen MR) is 81.4 cm³/mol. The Morgan fingerprint density at radius 3 is 2.95 bits per heavy atom. The van der Waals surface area contributed by atoms with Gasteiger partial charge < -0.3 is 9.88 Å². The van der Waals surface area contributed by atoms with Gasteiger partial charge in [0.1, 0.15) is 0 Å². The number of carbonyl (C=O) groups is 1. The maximum absolute atomic E-state index is 11.9. The van der Waals surface area contributed by atoms with E-state index in [9.17, 15) is 4.79 Å². The second-order valence-corrected chi connectivity index (χ2v) is 5.62. The molecule has 0 saturated carbocycles. The summed E-state index contributed by atoms with van der Waals surface area (Å²) in [4.78, 5) is 17.1. The number of nitrogens with zero attached hydrogens (tertiary/aromatic N) is 1. The molecule has 3 heteroatoms. The second-order valence-electron chi connectivity index (χ2n) is 5.62. The lowest BCUT2D eigenvalue weighted by Crippen LogP contribution is -2.30. The predicted octanol–water partition coefficient (Wildman–Crippen LogP) is 3.55. The molecule has 1 aliphatic rings. The van der Waals surface area contributed by atoms with E-state index in [2.05, 4.69) is 43.2 Å². The molecule has 2 aromatic rings. The Labute approximate surface area is 119 Å². The monoisotopic (exact) mass is 268 g/mol. The molecule has 0 fully saturated rings. The number of benzene rings is 1. The summed E-state index contributed by atoms with van der Waals surface area (Å²) in [6.07, 6.45) is 6.52. The first-order valence-electron chi connectivity index (χ1n) is 7.17. The first kappa shape index (κ1) is 13.0. The number of fused-ring (bicyclic) bond motifs is 1. The Kier molecular flexibility index (Phi) is 3.35. The van der Waals surface area contributed by atoms with Crippen molar-refractivity contribution in [2.45, 2.75) is 33.1 Å². The van der Waals surface area contributed by atoms with Gasteiger partial charge in [-0.15, -0.1) is 0 Å². The van der Waals surface area contributed by atoms with Gasteiger partial charge in [0, 0.05) is 36.3 Å². The highest BCUT2D eigenvalue weighted by Crippen LogP contribution is 2.23. The standard InChI is InChI=1S/C17H20N2O/c1-12-6-7-16(20)19(11-12)9-8-14-10-18-15-5-3-4-13(2)17(14)15/h3-5,10-11,18H,6-9H2,1-2H3. The third kappa shape index (κ3) is 2.36. The zero-order chi connectivity index (χ0) is 14.1. The summed E-state index contributed by atoms with van der Waals surface area (Å²) in [7, 11) is 0. The highest BCUT2D eigenvalue weighted by molar-refractivity contribution is 5.86. The minimum Gasteiger partial charge on any atom is -0.361 e. The summed E-state index contributed by atoms with van der Waals surface area (Å²) < 4.78 is 0. The Morgan fingerprint density at radius 1 is 1.25 bits per heavy atom. The van der Waals surface area contributed by atoms with E-state index in [0.717, 1.165) is 19.4 Å². The summed E-state index contributed by atoms with van der Waals surface area (Å²) in [5.74, 6) is 0.243. The fraction of sp³-hybridized carbons (Fsp3) is 0.353. The van der Waals surface area contributed by atoms with Gasteiger partial charge in [-0.2, -0.15) is 0 Å². The average molecular weight is 268 g/mol. The Bertz CT molecular complexity index is 681. The van der Waals surface area contributed by atoms with Crippen molar-refractivity contribution >= 4 is 16.8 Å². The number of allylic oxidation sites excluding steroid dienone is 1. The summed E-state index contributed by atoms with van der Waals surface area (Å²) in [6.45, 7) is 4.99. The Hall–Kier alpha value is -2.03. The van der Waals surface area contributed by atoms with Crippen molar-refractivity contribution in [3.8, 4) is 0 Å². The number of hydrogen-bond acceptors (Lipinski definition) is 1. The van der Waals surface area contributed by atoms with Gasteiger partial charge in [0.2, 0.25) is 5.91 Å². The number of aromatic nitrogens is 1. The maximum Gasteiger partial charge on any atom is 0.226 e. The van der Waals surface area contributed by atoms with Crippen molar-refractivity contribution in [3.63, 3.8) is 0 Å². The van der Waals surface area contributed by atoms with Gasteiger partial charge in [-0.3, -0.25) is 4.79 Å². The van der Waals surface area contributed by atoms with Crippen LogP contribution >= 0.6 is 0 Å². The van der Waals surface area contributed by atoms with Gasteiger partial charge >= 0.3 is 0 Å². The largest absolute Gasteiger partial charge is 0.361 e. The third-order valence-corrected chi connectivity index (χ3v) is 4.05. The molecule has 3 rings (SSSR count). The van der Waals surface area contributed by atoms with Gasteiger partial charge in [-0.05, 0) is 43.9 Å². The van der Waals surface area contributed by atoms with Crippen LogP contribution < -0.4 is 0 Å². The molecule has 1 aromatic heterocycles. The second kappa shape index (κ2) is 5.16. The smallest absolute Gasteiger partial charge is 0.226 e. The number of aryl methyl sites for hydroxylation is 1. The zero-order valence-corrected chi connectivity index (χ0v) is 12.1. The number of carbonyl (C=O) groups excluding carboxylic acids is 1. The van der Waals surface area contributed by atoms with E-state index in [1.165, 1.54) is 27.6 Å². The molecule has 0 bridgehead atoms. The fourth-order valence-corrected chi connectivity index (χ4v) is 2.93. The summed E-state index contributed by atoms with van der Waals surface area (Å²) in [6, 6.07) is 6.30. The van der Waals surface area contributed by atoms with Crippen molar-refractivity contribution < 1.29 is 4.79 Å². The number of hydrogen-bond donors (Lipinski definition) is 1. The van der Waals surface area contributed by atoms with E-state index >= 15 is 0 Å². The minimum atomic E-state index is 0.243. The van der Waals surface area contributed by atoms with Crippen LogP contribution in [0, 0.1) is 6.92 Å². The van der Waals surface area contributed by atoms with E-state index in [1.807, 2.05) is 11.1 Å². The topological polar surface area (TPSA) is 36.1 Å². The summed E-state index contributed by atoms with van der Waals surface area (Å²) >= 11 is 0. The van der Waals surface area contributed by atoms with Crippen LogP contribution in [0.25, 0.3) is 10.9 Å². The summed E-state index contributed by atoms with van der Waals surface area (Å²) in [5, 5.41) is 1.30. The molecule has 0 aliphatic carbocycles. The average Bonchev–Trinajstić information content (AvgIpc) is 2.84. The van der Waals surface area contributed by atoms with Gasteiger partial charge in [0.25, 0.3) is 0 Å². The molecular weight excluding hydrogens is 248 g/mol. The van der Waals surface area contributed by atoms with E-state index in [4.69, 9.17) is 0 Å². The number of aromatic amines is 1. The molecule has 1 aliphatic heterocycles. The number of rotatable bonds is 3. The van der Waals surface area contributed by atoms with Crippen LogP contribution in [0.2, 0.25) is 0 Å². The molecule has 1 amide bonds. The molecule has 3 nitrogen and oxygen atoms in total. The molecule has 104 valence electrons. The van der Waals surface area contributed by atoms with Gasteiger partial charge in [0.05, 0.1) is 0 Å². The zero-order valence-electron chi connectivity index (χ0n) is 12.1. The van der Waals surface area contributed by atoms with E-state index in [-0.39, 0.29) is 5.91 Å². The highest BCUT2D eigenvalue weighted by atomic mass is 16.2. The lowest BCUT2D eigenvalue weighted by Gasteiger charge is -2.23. The van der Waals surface area contributed by atoms with E-state index in [0.29, 0.717) is 6.42 Å². The van der Waals surface area contributed by atoms with Crippen molar-refractivity contribution in [3.05, 3.63) is 47.3 Å². The normalized spacial score (nSPS) is 15.8. The first-order chi connectivity index (χ1) is 9.65. The quantitative estimate of drug-likeness (QED) is 0.908. The molecule has 0 atom stereocenters. The molecule has 1 N–H and O–H groups in total. The molecule has 20 heavy (non-hydrogen) atoms. The lowest BCUT2D eigenvalue weighted by atomic mass is 10.0. The number of H-pyrrole nitrogens is 1. The van der Waals surface area contributed by atoms with Gasteiger partial charge in [0.15, 0.2) is 0 Å². The van der Waals surface area contributed by atoms with Crippen LogP contribution in [0.3, 0.4) is 0 Å². The lowest BCUT2D eigenvalue weighted by molar-refractivity contribution is -0.129. The van der Waals surface area contributed by atoms with Crippen molar-refractivity contribution in [1.82, 2.24) is 9.88 Å². The molecule has 0 spiro atoms. The number of nitrogens with one attached hydrogen (secondary N) is 1. The fourth-order valence-electron chi connectivity index (χ4n) is 2.93. The van der Waals surface area contributed by atoms with Crippen molar-refractivity contribution in [1.29, 1.82) is 0 Å². The Morgan fingerprint density at radius 2 is 2.10 bits per heavy atom. The highest BCUT2D eigenvalue weighted by Gasteiger charge is 2.17. The van der Waals surface area contributed by atoms with Crippen molar-refractivity contribution in [2.24, 2.45) is 0 Å². The minimum absolute atomic E-state index is 0.243. The van der Waals surface area contributed by atoms with Gasteiger partial charge in [-0.1, -0.05) is 17.7 Å². The van der Waals surface area contributed by atoms with Crippen LogP contribution in [-0.4, -0.2) is 22.3 Å². The molecule has 1 aromatic carbocycles. The van der Waals surface area contributed by atoms with Crippen LogP contribution in [0.15, 0.2) is 36.2 Å². The first-order valence-corrected chi connectivity index (χ1v) is 7.17. The Balaban J connectivity index is 1.80. The van der Waals surface area contributed by atoms with Crippen LogP contribution in [0.1, 0.15) is 30.9 Å². The van der Waals surface area contributed by atoms with E-state index in [1.54, 1.807) is 0 Å². The maximum atomic E-state index is 11.9. The van der Waals surface area contributed by atoms with Crippen LogP contribution in [-0.2, 0) is 11.2 Å². The van der Waals surface area contributed by atoms with Crippen LogP contribution in [0.5, 0.6) is 0 Å². The molecule has 0 unspecified atom stereocenters. The number of amides is 1. The summed E-state index contributed by atoms with van der Waals surface area (Å²) in [5.41, 5.74) is 5.05. The molecular formula is C17H20N2O. The third-order valence-electron chi connectivity index (χ3n) is 4.05. The van der Waals surface area contributed by atoms with Gasteiger partial charge in [-0.25, -0.2) is 0 Å². The van der Waals surface area contributed by atoms with Crippen molar-refractivity contribution in [2.75, 3.05) is 6.54 Å². The molecule has 0 radical (unpaired) electrons. The van der Waals surface area contributed by atoms with E-state index < -0.39 is 0 Å². The molecule has 0 saturated heterocycles. The SMILES string of the molecule is CC1=CN(CCc2c[nH]c3cccc(C)c23)C(=O)CC1.